The molecular formula is C40H66O8. The number of aliphatic hydroxyl groups excluding tert-OH is 2. The minimum absolute atomic E-state index is 0.238. The van der Waals surface area contributed by atoms with Crippen molar-refractivity contribution >= 4 is 11.9 Å². The summed E-state index contributed by atoms with van der Waals surface area (Å²) in [7, 11) is 0. The van der Waals surface area contributed by atoms with E-state index >= 15 is 0 Å². The highest BCUT2D eigenvalue weighted by atomic mass is 16.4. The lowest BCUT2D eigenvalue weighted by Gasteiger charge is -2.28. The van der Waals surface area contributed by atoms with Gasteiger partial charge in [-0.3, -0.25) is 9.59 Å². The van der Waals surface area contributed by atoms with Gasteiger partial charge in [0.05, 0.1) is 11.8 Å². The van der Waals surface area contributed by atoms with E-state index in [4.69, 9.17) is 10.2 Å². The van der Waals surface area contributed by atoms with Crippen LogP contribution < -0.4 is 0 Å². The number of hydrogen-bond donors (Lipinski definition) is 6. The van der Waals surface area contributed by atoms with Crippen LogP contribution in [0, 0.1) is 0 Å². The molecule has 0 aromatic heterocycles. The van der Waals surface area contributed by atoms with E-state index in [-0.39, 0.29) is 46.4 Å². The molecule has 2 atom stereocenters. The molecule has 2 rings (SSSR count). The SMILES string of the molecule is CC(C(=O)O)c1cc(C(C)(C)C)c(O)c(C(C)(C)C)c1.CC(C(=O)O)c1cc(C(C)(C)C)c(O)c(C(C)(C)C)c1.OCCCCCCO. The Morgan fingerprint density at radius 1 is 0.500 bits per heavy atom. The van der Waals surface area contributed by atoms with Crippen LogP contribution in [0.3, 0.4) is 0 Å². The Balaban J connectivity index is 0.000000754. The van der Waals surface area contributed by atoms with Gasteiger partial charge in [-0.2, -0.15) is 0 Å². The van der Waals surface area contributed by atoms with Gasteiger partial charge in [-0.25, -0.2) is 0 Å². The zero-order valence-corrected chi connectivity index (χ0v) is 32.2. The van der Waals surface area contributed by atoms with Crippen LogP contribution in [0.15, 0.2) is 24.3 Å². The van der Waals surface area contributed by atoms with E-state index in [1.165, 1.54) is 0 Å². The van der Waals surface area contributed by atoms with Crippen molar-refractivity contribution in [3.63, 3.8) is 0 Å². The predicted molar refractivity (Wildman–Crippen MR) is 196 cm³/mol. The van der Waals surface area contributed by atoms with Gasteiger partial charge in [-0.1, -0.05) is 120 Å². The molecule has 274 valence electrons. The molecule has 0 saturated heterocycles. The maximum absolute atomic E-state index is 11.2. The lowest BCUT2D eigenvalue weighted by Crippen LogP contribution is -2.19. The molecule has 0 saturated carbocycles. The number of carbonyl (C=O) groups is 2. The molecule has 0 amide bonds. The number of carboxylic acid groups (broad SMARTS) is 2. The van der Waals surface area contributed by atoms with E-state index in [0.29, 0.717) is 0 Å². The second-order valence-corrected chi connectivity index (χ2v) is 16.9. The summed E-state index contributed by atoms with van der Waals surface area (Å²) < 4.78 is 0. The zero-order chi connectivity index (χ0) is 38.0. The number of benzene rings is 2. The first-order chi connectivity index (χ1) is 21.6. The fourth-order valence-electron chi connectivity index (χ4n) is 4.96. The number of carboxylic acids is 2. The summed E-state index contributed by atoms with van der Waals surface area (Å²) in [6, 6.07) is 7.29. The van der Waals surface area contributed by atoms with E-state index < -0.39 is 23.8 Å². The number of phenols is 2. The van der Waals surface area contributed by atoms with Crippen LogP contribution in [-0.4, -0.2) is 55.8 Å². The summed E-state index contributed by atoms with van der Waals surface area (Å²) in [5.41, 5.74) is 3.73. The molecule has 48 heavy (non-hydrogen) atoms. The number of aromatic hydroxyl groups is 2. The van der Waals surface area contributed by atoms with Crippen LogP contribution in [0.5, 0.6) is 11.5 Å². The summed E-state index contributed by atoms with van der Waals surface area (Å²) >= 11 is 0. The van der Waals surface area contributed by atoms with Crippen LogP contribution in [0.2, 0.25) is 0 Å². The second-order valence-electron chi connectivity index (χ2n) is 16.9. The molecule has 0 aliphatic carbocycles. The fourth-order valence-corrected chi connectivity index (χ4v) is 4.96. The van der Waals surface area contributed by atoms with Crippen molar-refractivity contribution in [1.82, 2.24) is 0 Å². The van der Waals surface area contributed by atoms with Gasteiger partial charge in [-0.05, 0) is 81.7 Å². The molecular weight excluding hydrogens is 608 g/mol. The predicted octanol–water partition coefficient (Wildman–Crippen LogP) is 8.88. The second kappa shape index (κ2) is 18.1. The molecule has 8 heteroatoms. The Hall–Kier alpha value is -3.10. The first kappa shape index (κ1) is 44.9. The summed E-state index contributed by atoms with van der Waals surface area (Å²) in [5, 5.41) is 56.2. The average molecular weight is 675 g/mol. The standard InChI is InChI=1S/2C17H26O3.C6H14O2/c2*1-10(15(19)20)11-8-12(16(2,3)4)14(18)13(9-11)17(5,6)7;7-5-3-1-2-4-6-8/h2*8-10,18H,1-7H3,(H,19,20);7-8H,1-6H2. The molecule has 2 aromatic rings. The van der Waals surface area contributed by atoms with Crippen molar-refractivity contribution in [2.24, 2.45) is 0 Å². The minimum Gasteiger partial charge on any atom is -0.507 e. The average Bonchev–Trinajstić information content (AvgIpc) is 2.93. The molecule has 2 unspecified atom stereocenters. The van der Waals surface area contributed by atoms with Crippen molar-refractivity contribution in [2.75, 3.05) is 13.2 Å². The number of phenolic OH excluding ortho intramolecular Hbond substituents is 2. The van der Waals surface area contributed by atoms with Gasteiger partial charge in [-0.15, -0.1) is 0 Å². The van der Waals surface area contributed by atoms with E-state index in [1.54, 1.807) is 13.8 Å². The molecule has 2 aromatic carbocycles. The molecule has 0 aliphatic heterocycles. The third kappa shape index (κ3) is 13.8. The van der Waals surface area contributed by atoms with Crippen molar-refractivity contribution in [3.8, 4) is 11.5 Å². The monoisotopic (exact) mass is 674 g/mol. The Morgan fingerprint density at radius 2 is 0.708 bits per heavy atom. The molecule has 0 fully saturated rings. The van der Waals surface area contributed by atoms with E-state index in [2.05, 4.69) is 0 Å². The third-order valence-electron chi connectivity index (χ3n) is 8.30. The molecule has 8 nitrogen and oxygen atoms in total. The Morgan fingerprint density at radius 3 is 0.854 bits per heavy atom. The summed E-state index contributed by atoms with van der Waals surface area (Å²) in [6.07, 6.45) is 3.83. The Bertz CT molecular complexity index is 1160. The lowest BCUT2D eigenvalue weighted by atomic mass is 9.77. The van der Waals surface area contributed by atoms with E-state index in [0.717, 1.165) is 59.1 Å². The highest BCUT2D eigenvalue weighted by Crippen LogP contribution is 2.42. The van der Waals surface area contributed by atoms with Gasteiger partial charge in [0.25, 0.3) is 0 Å². The third-order valence-corrected chi connectivity index (χ3v) is 8.30. The van der Waals surface area contributed by atoms with Crippen LogP contribution >= 0.6 is 0 Å². The molecule has 0 heterocycles. The molecule has 0 bridgehead atoms. The lowest BCUT2D eigenvalue weighted by molar-refractivity contribution is -0.139. The smallest absolute Gasteiger partial charge is 0.310 e. The highest BCUT2D eigenvalue weighted by Gasteiger charge is 2.30. The van der Waals surface area contributed by atoms with Crippen molar-refractivity contribution < 1.29 is 40.2 Å². The van der Waals surface area contributed by atoms with Gasteiger partial charge in [0, 0.05) is 13.2 Å². The molecule has 0 radical (unpaired) electrons. The van der Waals surface area contributed by atoms with Gasteiger partial charge < -0.3 is 30.6 Å². The number of hydrogen-bond acceptors (Lipinski definition) is 6. The van der Waals surface area contributed by atoms with Gasteiger partial charge in [0.1, 0.15) is 11.5 Å². The topological polar surface area (TPSA) is 156 Å². The van der Waals surface area contributed by atoms with Crippen molar-refractivity contribution in [3.05, 3.63) is 57.6 Å². The van der Waals surface area contributed by atoms with Gasteiger partial charge >= 0.3 is 11.9 Å². The van der Waals surface area contributed by atoms with Crippen molar-refractivity contribution in [1.29, 1.82) is 0 Å². The van der Waals surface area contributed by atoms with E-state index in [1.807, 2.05) is 107 Å². The normalized spacial score (nSPS) is 13.4. The first-order valence-electron chi connectivity index (χ1n) is 17.1. The molecule has 0 spiro atoms. The minimum atomic E-state index is -0.851. The number of aliphatic carboxylic acids is 2. The largest absolute Gasteiger partial charge is 0.507 e. The van der Waals surface area contributed by atoms with Gasteiger partial charge in [0.15, 0.2) is 0 Å². The maximum Gasteiger partial charge on any atom is 0.310 e. The number of aliphatic hydroxyl groups is 2. The van der Waals surface area contributed by atoms with Crippen LogP contribution in [-0.2, 0) is 31.2 Å². The number of rotatable bonds is 9. The zero-order valence-electron chi connectivity index (χ0n) is 32.2. The van der Waals surface area contributed by atoms with E-state index in [9.17, 15) is 30.0 Å². The first-order valence-corrected chi connectivity index (χ1v) is 17.1. The Labute approximate surface area is 290 Å². The summed E-state index contributed by atoms with van der Waals surface area (Å²) in [5.74, 6) is -2.31. The van der Waals surface area contributed by atoms with Crippen molar-refractivity contribution in [2.45, 2.75) is 156 Å². The number of unbranched alkanes of at least 4 members (excludes halogenated alkanes) is 3. The fraction of sp³-hybridized carbons (Fsp3) is 0.650. The molecule has 0 aliphatic rings. The van der Waals surface area contributed by atoms with Crippen LogP contribution in [0.25, 0.3) is 0 Å². The molecule has 6 N–H and O–H groups in total. The van der Waals surface area contributed by atoms with Gasteiger partial charge in [0.2, 0.25) is 0 Å². The Kier molecular flexibility index (Phi) is 16.9. The summed E-state index contributed by atoms with van der Waals surface area (Å²) in [4.78, 5) is 22.5. The maximum atomic E-state index is 11.2. The van der Waals surface area contributed by atoms with Crippen LogP contribution in [0.1, 0.15) is 168 Å². The summed E-state index contributed by atoms with van der Waals surface area (Å²) in [6.45, 7) is 28.1. The van der Waals surface area contributed by atoms with Crippen LogP contribution in [0.4, 0.5) is 0 Å². The quantitative estimate of drug-likeness (QED) is 0.144. The highest BCUT2D eigenvalue weighted by molar-refractivity contribution is 5.76.